The summed E-state index contributed by atoms with van der Waals surface area (Å²) in [6.07, 6.45) is 2.55. The summed E-state index contributed by atoms with van der Waals surface area (Å²) < 4.78 is 31.4. The zero-order chi connectivity index (χ0) is 20.9. The number of nitrogens with zero attached hydrogens (tertiary/aromatic N) is 2. The number of anilines is 1. The van der Waals surface area contributed by atoms with Gasteiger partial charge in [0.1, 0.15) is 6.04 Å². The predicted molar refractivity (Wildman–Crippen MR) is 109 cm³/mol. The molecule has 1 aliphatic heterocycles. The van der Waals surface area contributed by atoms with Gasteiger partial charge < -0.3 is 9.64 Å². The molecule has 0 radical (unpaired) electrons. The van der Waals surface area contributed by atoms with Gasteiger partial charge in [0.15, 0.2) is 0 Å². The number of ether oxygens (including phenoxy) is 1. The van der Waals surface area contributed by atoms with Crippen molar-refractivity contribution in [3.8, 4) is 0 Å². The van der Waals surface area contributed by atoms with Crippen LogP contribution in [0.3, 0.4) is 0 Å². The minimum Gasteiger partial charge on any atom is -0.466 e. The molecule has 0 unspecified atom stereocenters. The van der Waals surface area contributed by atoms with E-state index in [-0.39, 0.29) is 17.8 Å². The van der Waals surface area contributed by atoms with E-state index in [9.17, 15) is 18.0 Å². The van der Waals surface area contributed by atoms with Gasteiger partial charge in [0.25, 0.3) is 0 Å². The van der Waals surface area contributed by atoms with Crippen molar-refractivity contribution < 1.29 is 22.7 Å². The van der Waals surface area contributed by atoms with Gasteiger partial charge in [-0.15, -0.1) is 0 Å². The van der Waals surface area contributed by atoms with Crippen LogP contribution in [0, 0.1) is 12.8 Å². The molecule has 2 rings (SSSR count). The third kappa shape index (κ3) is 5.25. The van der Waals surface area contributed by atoms with E-state index < -0.39 is 16.1 Å². The van der Waals surface area contributed by atoms with Crippen LogP contribution in [-0.4, -0.2) is 57.2 Å². The Bertz CT molecular complexity index is 801. The monoisotopic (exact) mass is 410 g/mol. The summed E-state index contributed by atoms with van der Waals surface area (Å²) in [5.41, 5.74) is 1.41. The fourth-order valence-corrected chi connectivity index (χ4v) is 4.81. The minimum absolute atomic E-state index is 0.202. The second kappa shape index (κ2) is 9.41. The molecular weight excluding hydrogens is 380 g/mol. The first-order valence-corrected chi connectivity index (χ1v) is 11.5. The molecule has 0 N–H and O–H groups in total. The summed E-state index contributed by atoms with van der Waals surface area (Å²) >= 11 is 0. The molecule has 0 spiro atoms. The number of carbonyl (C=O) groups is 2. The molecule has 1 aliphatic rings. The molecule has 1 atom stereocenters. The molecule has 1 amide bonds. The van der Waals surface area contributed by atoms with Crippen molar-refractivity contribution in [2.45, 2.75) is 46.1 Å². The van der Waals surface area contributed by atoms with Crippen LogP contribution in [0.5, 0.6) is 0 Å². The van der Waals surface area contributed by atoms with Crippen LogP contribution >= 0.6 is 0 Å². The molecule has 1 heterocycles. The molecular formula is C20H30N2O5S. The smallest absolute Gasteiger partial charge is 0.309 e. The van der Waals surface area contributed by atoms with Gasteiger partial charge in [-0.1, -0.05) is 19.1 Å². The first-order valence-electron chi connectivity index (χ1n) is 9.70. The van der Waals surface area contributed by atoms with E-state index in [1.54, 1.807) is 30.0 Å². The average Bonchev–Trinajstić information content (AvgIpc) is 2.64. The molecule has 28 heavy (non-hydrogen) atoms. The summed E-state index contributed by atoms with van der Waals surface area (Å²) in [4.78, 5) is 26.8. The molecule has 156 valence electrons. The lowest BCUT2D eigenvalue weighted by Gasteiger charge is -2.37. The van der Waals surface area contributed by atoms with Gasteiger partial charge in [-0.05, 0) is 50.8 Å². The minimum atomic E-state index is -3.65. The Morgan fingerprint density at radius 3 is 2.39 bits per heavy atom. The van der Waals surface area contributed by atoms with Gasteiger partial charge in [0.2, 0.25) is 15.9 Å². The topological polar surface area (TPSA) is 84.0 Å². The maximum Gasteiger partial charge on any atom is 0.309 e. The summed E-state index contributed by atoms with van der Waals surface area (Å²) in [6, 6.07) is 6.33. The SMILES string of the molecule is CCOC(=O)C1CCN(C(=O)[C@@H](CC)N(c2cccc(C)c2)S(C)(=O)=O)CC1. The lowest BCUT2D eigenvalue weighted by molar-refractivity contribution is -0.151. The van der Waals surface area contributed by atoms with Crippen LogP contribution in [-0.2, 0) is 24.3 Å². The van der Waals surface area contributed by atoms with E-state index in [2.05, 4.69) is 0 Å². The van der Waals surface area contributed by atoms with Crippen molar-refractivity contribution in [2.75, 3.05) is 30.3 Å². The maximum atomic E-state index is 13.2. The summed E-state index contributed by atoms with van der Waals surface area (Å²) in [7, 11) is -3.65. The number of amides is 1. The second-order valence-corrected chi connectivity index (χ2v) is 9.03. The number of piperidine rings is 1. The maximum absolute atomic E-state index is 13.2. The zero-order valence-electron chi connectivity index (χ0n) is 17.1. The number of sulfonamides is 1. The highest BCUT2D eigenvalue weighted by Gasteiger charge is 2.36. The number of carbonyl (C=O) groups excluding carboxylic acids is 2. The van der Waals surface area contributed by atoms with E-state index in [1.165, 1.54) is 4.31 Å². The molecule has 1 aromatic carbocycles. The van der Waals surface area contributed by atoms with Crippen LogP contribution in [0.4, 0.5) is 5.69 Å². The Kier molecular flexibility index (Phi) is 7.46. The molecule has 0 bridgehead atoms. The Morgan fingerprint density at radius 2 is 1.89 bits per heavy atom. The summed E-state index contributed by atoms with van der Waals surface area (Å²) in [6.45, 7) is 6.65. The second-order valence-electron chi connectivity index (χ2n) is 7.17. The number of esters is 1. The van der Waals surface area contributed by atoms with E-state index >= 15 is 0 Å². The quantitative estimate of drug-likeness (QED) is 0.644. The van der Waals surface area contributed by atoms with E-state index in [4.69, 9.17) is 4.74 Å². The molecule has 1 saturated heterocycles. The number of aryl methyl sites for hydroxylation is 1. The van der Waals surface area contributed by atoms with Crippen molar-refractivity contribution in [2.24, 2.45) is 5.92 Å². The van der Waals surface area contributed by atoms with Gasteiger partial charge in [-0.2, -0.15) is 0 Å². The van der Waals surface area contributed by atoms with E-state index in [1.807, 2.05) is 19.9 Å². The van der Waals surface area contributed by atoms with Crippen LogP contribution in [0.1, 0.15) is 38.7 Å². The largest absolute Gasteiger partial charge is 0.466 e. The number of benzene rings is 1. The summed E-state index contributed by atoms with van der Waals surface area (Å²) in [5, 5.41) is 0. The highest BCUT2D eigenvalue weighted by atomic mass is 32.2. The lowest BCUT2D eigenvalue weighted by Crippen LogP contribution is -2.52. The van der Waals surface area contributed by atoms with Gasteiger partial charge >= 0.3 is 5.97 Å². The van der Waals surface area contributed by atoms with Gasteiger partial charge in [0.05, 0.1) is 24.5 Å². The number of hydrogen-bond acceptors (Lipinski definition) is 5. The van der Waals surface area contributed by atoms with Crippen LogP contribution in [0.2, 0.25) is 0 Å². The number of rotatable bonds is 7. The molecule has 7 nitrogen and oxygen atoms in total. The van der Waals surface area contributed by atoms with E-state index in [0.29, 0.717) is 44.6 Å². The average molecular weight is 411 g/mol. The molecule has 1 fully saturated rings. The molecule has 0 aromatic heterocycles. The first kappa shape index (κ1) is 22.2. The number of likely N-dealkylation sites (tertiary alicyclic amines) is 1. The highest BCUT2D eigenvalue weighted by Crippen LogP contribution is 2.26. The zero-order valence-corrected chi connectivity index (χ0v) is 17.9. The normalized spacial score (nSPS) is 16.5. The summed E-state index contributed by atoms with van der Waals surface area (Å²) in [5.74, 6) is -0.650. The third-order valence-electron chi connectivity index (χ3n) is 4.99. The van der Waals surface area contributed by atoms with Gasteiger partial charge in [-0.25, -0.2) is 8.42 Å². The third-order valence-corrected chi connectivity index (χ3v) is 6.17. The Labute approximate surface area is 167 Å². The van der Waals surface area contributed by atoms with Crippen molar-refractivity contribution in [1.82, 2.24) is 4.90 Å². The van der Waals surface area contributed by atoms with Crippen molar-refractivity contribution in [1.29, 1.82) is 0 Å². The molecule has 1 aromatic rings. The van der Waals surface area contributed by atoms with Crippen LogP contribution in [0.25, 0.3) is 0 Å². The predicted octanol–water partition coefficient (Wildman–Crippen LogP) is 2.34. The Morgan fingerprint density at radius 1 is 1.25 bits per heavy atom. The lowest BCUT2D eigenvalue weighted by atomic mass is 9.96. The van der Waals surface area contributed by atoms with Crippen molar-refractivity contribution >= 4 is 27.6 Å². The Balaban J connectivity index is 2.20. The van der Waals surface area contributed by atoms with Crippen LogP contribution in [0.15, 0.2) is 24.3 Å². The Hall–Kier alpha value is -2.09. The molecule has 8 heteroatoms. The van der Waals surface area contributed by atoms with Gasteiger partial charge in [0, 0.05) is 13.1 Å². The highest BCUT2D eigenvalue weighted by molar-refractivity contribution is 7.92. The van der Waals surface area contributed by atoms with Crippen molar-refractivity contribution in [3.05, 3.63) is 29.8 Å². The number of hydrogen-bond donors (Lipinski definition) is 0. The molecule has 0 saturated carbocycles. The van der Waals surface area contributed by atoms with Gasteiger partial charge in [-0.3, -0.25) is 13.9 Å². The fraction of sp³-hybridized carbons (Fsp3) is 0.600. The van der Waals surface area contributed by atoms with Crippen molar-refractivity contribution in [3.63, 3.8) is 0 Å². The first-order chi connectivity index (χ1) is 13.2. The standard InChI is InChI=1S/C20H30N2O5S/c1-5-18(22(28(4,25)26)17-9-7-8-15(3)14-17)19(23)21-12-10-16(11-13-21)20(24)27-6-2/h7-9,14,16,18H,5-6,10-13H2,1-4H3/t18-/m1/s1. The van der Waals surface area contributed by atoms with Crippen LogP contribution < -0.4 is 4.31 Å². The fourth-order valence-electron chi connectivity index (χ4n) is 3.61. The molecule has 0 aliphatic carbocycles. The van der Waals surface area contributed by atoms with E-state index in [0.717, 1.165) is 11.8 Å².